The van der Waals surface area contributed by atoms with E-state index in [1.54, 1.807) is 0 Å². The lowest BCUT2D eigenvalue weighted by Gasteiger charge is -2.19. The fourth-order valence-electron chi connectivity index (χ4n) is 4.73. The predicted molar refractivity (Wildman–Crippen MR) is 200 cm³/mol. The van der Waals surface area contributed by atoms with E-state index in [1.807, 2.05) is 20.8 Å². The number of rotatable bonds is 43. The molecule has 0 aromatic carbocycles. The maximum atomic E-state index is 11.5. The minimum absolute atomic E-state index is 0.0787. The first-order valence-electron chi connectivity index (χ1n) is 19.9. The Labute approximate surface area is 311 Å². The number of esters is 1. The van der Waals surface area contributed by atoms with Crippen LogP contribution in [-0.4, -0.2) is 144 Å². The molecule has 0 rings (SSSR count). The van der Waals surface area contributed by atoms with E-state index in [9.17, 15) is 4.79 Å². The molecule has 306 valence electrons. The topological polar surface area (TPSA) is 119 Å². The first kappa shape index (κ1) is 50.1. The van der Waals surface area contributed by atoms with Crippen molar-refractivity contribution < 1.29 is 56.9 Å². The molecule has 0 aliphatic carbocycles. The Morgan fingerprint density at radius 1 is 0.333 bits per heavy atom. The molecule has 51 heavy (non-hydrogen) atoms. The maximum Gasteiger partial charge on any atom is 0.332 e. The summed E-state index contributed by atoms with van der Waals surface area (Å²) in [6.45, 7) is 17.6. The van der Waals surface area contributed by atoms with Gasteiger partial charge in [-0.2, -0.15) is 0 Å². The molecule has 0 aromatic rings. The molecular weight excluding hydrogens is 660 g/mol. The molecule has 0 radical (unpaired) electrons. The molecule has 0 amide bonds. The van der Waals surface area contributed by atoms with Crippen LogP contribution in [0.3, 0.4) is 0 Å². The van der Waals surface area contributed by atoms with Crippen LogP contribution < -0.4 is 0 Å². The van der Waals surface area contributed by atoms with Gasteiger partial charge < -0.3 is 52.1 Å². The summed E-state index contributed by atoms with van der Waals surface area (Å²) < 4.78 is 60.0. The van der Waals surface area contributed by atoms with E-state index in [0.717, 1.165) is 13.0 Å². The predicted octanol–water partition coefficient (Wildman–Crippen LogP) is 6.59. The number of hydrogen-bond acceptors (Lipinski definition) is 12. The monoisotopic (exact) mass is 739 g/mol. The molecule has 0 spiro atoms. The fourth-order valence-corrected chi connectivity index (χ4v) is 4.73. The zero-order valence-electron chi connectivity index (χ0n) is 33.2. The van der Waals surface area contributed by atoms with Gasteiger partial charge in [-0.1, -0.05) is 84.0 Å². The molecule has 0 saturated heterocycles. The summed E-state index contributed by atoms with van der Waals surface area (Å²) in [5.74, 6) is -0.382. The van der Waals surface area contributed by atoms with Crippen molar-refractivity contribution in [2.75, 3.05) is 132 Å². The lowest BCUT2D eigenvalue weighted by Crippen LogP contribution is -2.27. The average Bonchev–Trinajstić information content (AvgIpc) is 3.09. The smallest absolute Gasteiger partial charge is 0.332 e. The Morgan fingerprint density at radius 3 is 0.843 bits per heavy atom. The molecule has 0 atom stereocenters. The van der Waals surface area contributed by atoms with Crippen molar-refractivity contribution in [1.82, 2.24) is 0 Å². The Hall–Kier alpha value is -0.930. The molecule has 0 aromatic heterocycles. The molecule has 0 aliphatic rings. The fraction of sp³-hybridized carbons (Fsp3) is 0.974. The van der Waals surface area contributed by atoms with Gasteiger partial charge in [-0.05, 0) is 27.2 Å². The normalized spacial score (nSPS) is 11.8. The summed E-state index contributed by atoms with van der Waals surface area (Å²) in [6, 6.07) is 0. The SMILES string of the molecule is CCCCCCCCCCCCCCCOCCOCCOCCOCCOCCOCCOCCOCCOCCOCC(=O)OC(C)(C)C. The Kier molecular flexibility index (Phi) is 41.1. The number of ether oxygens (including phenoxy) is 11. The van der Waals surface area contributed by atoms with Crippen molar-refractivity contribution >= 4 is 5.97 Å². The van der Waals surface area contributed by atoms with Gasteiger partial charge >= 0.3 is 5.97 Å². The van der Waals surface area contributed by atoms with Crippen LogP contribution in [0.25, 0.3) is 0 Å². The minimum Gasteiger partial charge on any atom is -0.458 e. The van der Waals surface area contributed by atoms with Gasteiger partial charge in [0.25, 0.3) is 0 Å². The van der Waals surface area contributed by atoms with Crippen molar-refractivity contribution in [3.8, 4) is 0 Å². The lowest BCUT2D eigenvalue weighted by molar-refractivity contribution is -0.160. The van der Waals surface area contributed by atoms with Gasteiger partial charge in [0.2, 0.25) is 0 Å². The van der Waals surface area contributed by atoms with Crippen LogP contribution in [0.1, 0.15) is 111 Å². The van der Waals surface area contributed by atoms with Gasteiger partial charge in [-0.25, -0.2) is 4.79 Å². The summed E-state index contributed by atoms with van der Waals surface area (Å²) in [5.41, 5.74) is -0.508. The molecule has 0 aliphatic heterocycles. The zero-order valence-corrected chi connectivity index (χ0v) is 33.2. The van der Waals surface area contributed by atoms with E-state index in [0.29, 0.717) is 119 Å². The van der Waals surface area contributed by atoms with E-state index in [4.69, 9.17) is 52.1 Å². The number of carbonyl (C=O) groups excluding carboxylic acids is 1. The van der Waals surface area contributed by atoms with Crippen molar-refractivity contribution in [3.05, 3.63) is 0 Å². The number of hydrogen-bond donors (Lipinski definition) is 0. The molecule has 12 nitrogen and oxygen atoms in total. The summed E-state index contributed by atoms with van der Waals surface area (Å²) in [5, 5.41) is 0. The molecule has 0 fully saturated rings. The van der Waals surface area contributed by atoms with Gasteiger partial charge in [0.1, 0.15) is 12.2 Å². The molecule has 0 bridgehead atoms. The third-order valence-electron chi connectivity index (χ3n) is 7.38. The highest BCUT2D eigenvalue weighted by Gasteiger charge is 2.15. The summed E-state index contributed by atoms with van der Waals surface area (Å²) >= 11 is 0. The van der Waals surface area contributed by atoms with Gasteiger partial charge in [0, 0.05) is 6.61 Å². The van der Waals surface area contributed by atoms with E-state index in [1.165, 1.54) is 77.0 Å². The van der Waals surface area contributed by atoms with Gasteiger partial charge in [0.15, 0.2) is 0 Å². The van der Waals surface area contributed by atoms with Crippen molar-refractivity contribution in [2.24, 2.45) is 0 Å². The van der Waals surface area contributed by atoms with Crippen LogP contribution in [0, 0.1) is 0 Å². The third kappa shape index (κ3) is 47.0. The van der Waals surface area contributed by atoms with Crippen LogP contribution in [-0.2, 0) is 56.9 Å². The van der Waals surface area contributed by atoms with Gasteiger partial charge in [-0.15, -0.1) is 0 Å². The second-order valence-electron chi connectivity index (χ2n) is 13.4. The highest BCUT2D eigenvalue weighted by Crippen LogP contribution is 2.12. The number of carbonyl (C=O) groups is 1. The average molecular weight is 739 g/mol. The Bertz CT molecular complexity index is 677. The summed E-state index contributed by atoms with van der Waals surface area (Å²) in [4.78, 5) is 11.5. The highest BCUT2D eigenvalue weighted by atomic mass is 16.6. The standard InChI is InChI=1S/C39H78O12/c1-5-6-7-8-9-10-11-12-13-14-15-16-17-18-41-19-20-42-21-22-43-23-24-44-25-26-45-27-28-46-29-30-47-31-32-48-33-34-49-35-36-50-37-38(40)51-39(2,3)4/h5-37H2,1-4H3. The van der Waals surface area contributed by atoms with Crippen LogP contribution in [0.4, 0.5) is 0 Å². The molecule has 0 unspecified atom stereocenters. The van der Waals surface area contributed by atoms with E-state index >= 15 is 0 Å². The lowest BCUT2D eigenvalue weighted by atomic mass is 10.0. The first-order valence-corrected chi connectivity index (χ1v) is 19.9. The number of unbranched alkanes of at least 4 members (excludes halogenated alkanes) is 12. The molecule has 12 heteroatoms. The quantitative estimate of drug-likeness (QED) is 0.0497. The third-order valence-corrected chi connectivity index (χ3v) is 7.38. The minimum atomic E-state index is -0.508. The second kappa shape index (κ2) is 41.8. The van der Waals surface area contributed by atoms with Crippen molar-refractivity contribution in [3.63, 3.8) is 0 Å². The van der Waals surface area contributed by atoms with Crippen LogP contribution >= 0.6 is 0 Å². The Morgan fingerprint density at radius 2 is 0.569 bits per heavy atom. The molecular formula is C39H78O12. The van der Waals surface area contributed by atoms with Gasteiger partial charge in [0.05, 0.1) is 119 Å². The summed E-state index contributed by atoms with van der Waals surface area (Å²) in [7, 11) is 0. The van der Waals surface area contributed by atoms with E-state index in [-0.39, 0.29) is 12.6 Å². The summed E-state index contributed by atoms with van der Waals surface area (Å²) in [6.07, 6.45) is 17.8. The van der Waals surface area contributed by atoms with Crippen LogP contribution in [0.2, 0.25) is 0 Å². The molecule has 0 saturated carbocycles. The second-order valence-corrected chi connectivity index (χ2v) is 13.4. The zero-order chi connectivity index (χ0) is 37.2. The van der Waals surface area contributed by atoms with Crippen LogP contribution in [0.15, 0.2) is 0 Å². The van der Waals surface area contributed by atoms with Gasteiger partial charge in [-0.3, -0.25) is 0 Å². The molecule has 0 N–H and O–H groups in total. The Balaban J connectivity index is 3.09. The van der Waals surface area contributed by atoms with E-state index in [2.05, 4.69) is 6.92 Å². The highest BCUT2D eigenvalue weighted by molar-refractivity contribution is 5.71. The van der Waals surface area contributed by atoms with E-state index < -0.39 is 5.60 Å². The first-order chi connectivity index (χ1) is 25.0. The van der Waals surface area contributed by atoms with Crippen molar-refractivity contribution in [2.45, 2.75) is 117 Å². The van der Waals surface area contributed by atoms with Crippen LogP contribution in [0.5, 0.6) is 0 Å². The largest absolute Gasteiger partial charge is 0.458 e. The maximum absolute atomic E-state index is 11.5. The molecule has 0 heterocycles. The van der Waals surface area contributed by atoms with Crippen molar-refractivity contribution in [1.29, 1.82) is 0 Å².